The fourth-order valence-corrected chi connectivity index (χ4v) is 2.30. The van der Waals surface area contributed by atoms with Gasteiger partial charge in [0.15, 0.2) is 0 Å². The average Bonchev–Trinajstić information content (AvgIpc) is 2.26. The molecule has 0 amide bonds. The number of nitrogens with two attached hydrogens (primary N) is 1. The van der Waals surface area contributed by atoms with Crippen LogP contribution in [-0.2, 0) is 10.8 Å². The fraction of sp³-hybridized carbons (Fsp3) is 0.400. The molecule has 0 bridgehead atoms. The Morgan fingerprint density at radius 2 is 2.27 bits per heavy atom. The summed E-state index contributed by atoms with van der Waals surface area (Å²) >= 11 is 0. The van der Waals surface area contributed by atoms with Crippen LogP contribution in [0.3, 0.4) is 0 Å². The third-order valence-electron chi connectivity index (χ3n) is 1.93. The molecule has 0 radical (unpaired) electrons. The van der Waals surface area contributed by atoms with Crippen LogP contribution in [0.25, 0.3) is 0 Å². The molecule has 1 atom stereocenters. The van der Waals surface area contributed by atoms with Crippen molar-refractivity contribution in [2.45, 2.75) is 11.3 Å². The van der Waals surface area contributed by atoms with Gasteiger partial charge in [-0.15, -0.1) is 0 Å². The highest BCUT2D eigenvalue weighted by atomic mass is 32.2. The molecule has 1 unspecified atom stereocenters. The average molecular weight is 231 g/mol. The largest absolute Gasteiger partial charge is 0.497 e. The first-order chi connectivity index (χ1) is 7.19. The zero-order valence-corrected chi connectivity index (χ0v) is 9.35. The summed E-state index contributed by atoms with van der Waals surface area (Å²) in [5.74, 6) is 0.890. The van der Waals surface area contributed by atoms with Gasteiger partial charge in [0.2, 0.25) is 0 Å². The Balaban J connectivity index is 2.86. The van der Waals surface area contributed by atoms with E-state index < -0.39 is 17.5 Å². The molecular weight excluding hydrogens is 217 g/mol. The summed E-state index contributed by atoms with van der Waals surface area (Å²) in [6, 6.07) is 4.97. The van der Waals surface area contributed by atoms with Gasteiger partial charge in [0, 0.05) is 11.4 Å². The first kappa shape index (κ1) is 12.0. The number of ether oxygens (including phenoxy) is 1. The van der Waals surface area contributed by atoms with E-state index in [9.17, 15) is 8.60 Å². The highest BCUT2D eigenvalue weighted by Crippen LogP contribution is 2.23. The molecule has 0 aliphatic heterocycles. The van der Waals surface area contributed by atoms with Gasteiger partial charge in [-0.05, 0) is 24.6 Å². The number of rotatable bonds is 5. The molecule has 0 spiro atoms. The Hall–Kier alpha value is -1.10. The molecule has 5 heteroatoms. The Bertz CT molecular complexity index is 357. The zero-order valence-electron chi connectivity index (χ0n) is 8.53. The maximum atomic E-state index is 11.9. The van der Waals surface area contributed by atoms with Crippen LogP contribution in [0.1, 0.15) is 6.42 Å². The molecule has 2 N–H and O–H groups in total. The molecule has 3 nitrogen and oxygen atoms in total. The molecule has 0 heterocycles. The number of hydrogen-bond acceptors (Lipinski definition) is 3. The maximum Gasteiger partial charge on any atom is 0.120 e. The van der Waals surface area contributed by atoms with Crippen LogP contribution < -0.4 is 10.5 Å². The molecule has 0 aromatic heterocycles. The normalized spacial score (nSPS) is 12.4. The molecule has 0 aliphatic carbocycles. The predicted octanol–water partition coefficient (Wildman–Crippen LogP) is 1.74. The smallest absolute Gasteiger partial charge is 0.120 e. The molecule has 0 fully saturated rings. The molecule has 1 aromatic rings. The second kappa shape index (κ2) is 5.70. The van der Waals surface area contributed by atoms with Crippen molar-refractivity contribution < 1.29 is 13.3 Å². The summed E-state index contributed by atoms with van der Waals surface area (Å²) in [6.45, 7) is -0.463. The van der Waals surface area contributed by atoms with E-state index in [2.05, 4.69) is 0 Å². The lowest BCUT2D eigenvalue weighted by Gasteiger charge is -2.07. The van der Waals surface area contributed by atoms with E-state index in [1.165, 1.54) is 7.11 Å². The number of methoxy groups -OCH3 is 1. The number of benzene rings is 1. The summed E-state index contributed by atoms with van der Waals surface area (Å²) < 4.78 is 28.6. The maximum absolute atomic E-state index is 11.9. The molecule has 1 aromatic carbocycles. The second-order valence-corrected chi connectivity index (χ2v) is 4.54. The van der Waals surface area contributed by atoms with Gasteiger partial charge in [-0.25, -0.2) is 0 Å². The van der Waals surface area contributed by atoms with Crippen LogP contribution in [0.2, 0.25) is 0 Å². The van der Waals surface area contributed by atoms with Gasteiger partial charge in [-0.1, -0.05) is 0 Å². The van der Waals surface area contributed by atoms with E-state index in [4.69, 9.17) is 10.5 Å². The molecular formula is C10H14FNO2S. The Morgan fingerprint density at radius 1 is 1.53 bits per heavy atom. The third-order valence-corrected chi connectivity index (χ3v) is 3.43. The van der Waals surface area contributed by atoms with Gasteiger partial charge in [0.1, 0.15) is 5.75 Å². The van der Waals surface area contributed by atoms with Crippen molar-refractivity contribution in [3.63, 3.8) is 0 Å². The fourth-order valence-electron chi connectivity index (χ4n) is 1.13. The van der Waals surface area contributed by atoms with Gasteiger partial charge in [0.05, 0.1) is 29.5 Å². The molecule has 84 valence electrons. The monoisotopic (exact) mass is 231 g/mol. The SMILES string of the molecule is COc1ccc(N)c(S(=O)CCCF)c1. The van der Waals surface area contributed by atoms with Crippen molar-refractivity contribution in [3.8, 4) is 5.75 Å². The van der Waals surface area contributed by atoms with E-state index in [0.29, 0.717) is 16.3 Å². The van der Waals surface area contributed by atoms with Crippen molar-refractivity contribution >= 4 is 16.5 Å². The van der Waals surface area contributed by atoms with Gasteiger partial charge in [-0.2, -0.15) is 0 Å². The first-order valence-corrected chi connectivity index (χ1v) is 5.88. The number of halogens is 1. The summed E-state index contributed by atoms with van der Waals surface area (Å²) in [7, 11) is 0.276. The molecule has 0 saturated carbocycles. The van der Waals surface area contributed by atoms with E-state index in [1.54, 1.807) is 18.2 Å². The minimum absolute atomic E-state index is 0.281. The van der Waals surface area contributed by atoms with E-state index in [1.807, 2.05) is 0 Å². The summed E-state index contributed by atoms with van der Waals surface area (Å²) in [6.07, 6.45) is 0.281. The zero-order chi connectivity index (χ0) is 11.3. The third kappa shape index (κ3) is 3.20. The van der Waals surface area contributed by atoms with Crippen molar-refractivity contribution in [1.29, 1.82) is 0 Å². The summed E-state index contributed by atoms with van der Waals surface area (Å²) in [5.41, 5.74) is 6.13. The van der Waals surface area contributed by atoms with Crippen molar-refractivity contribution in [2.24, 2.45) is 0 Å². The number of nitrogen functional groups attached to an aromatic ring is 1. The van der Waals surface area contributed by atoms with Crippen LogP contribution in [-0.4, -0.2) is 23.7 Å². The lowest BCUT2D eigenvalue weighted by Crippen LogP contribution is -2.03. The van der Waals surface area contributed by atoms with Crippen LogP contribution >= 0.6 is 0 Å². The topological polar surface area (TPSA) is 52.3 Å². The lowest BCUT2D eigenvalue weighted by atomic mass is 10.3. The molecule has 1 rings (SSSR count). The lowest BCUT2D eigenvalue weighted by molar-refractivity contribution is 0.413. The number of alkyl halides is 1. The van der Waals surface area contributed by atoms with Crippen molar-refractivity contribution in [2.75, 3.05) is 25.3 Å². The standard InChI is InChI=1S/C10H14FNO2S/c1-14-8-3-4-9(12)10(7-8)15(13)6-2-5-11/h3-4,7H,2,5-6,12H2,1H3. The van der Waals surface area contributed by atoms with E-state index in [-0.39, 0.29) is 12.2 Å². The van der Waals surface area contributed by atoms with Gasteiger partial charge >= 0.3 is 0 Å². The van der Waals surface area contributed by atoms with Crippen LogP contribution in [0, 0.1) is 0 Å². The summed E-state index contributed by atoms with van der Waals surface area (Å²) in [5, 5.41) is 0. The minimum Gasteiger partial charge on any atom is -0.497 e. The Labute approximate surface area is 90.9 Å². The number of anilines is 1. The first-order valence-electron chi connectivity index (χ1n) is 4.57. The van der Waals surface area contributed by atoms with Gasteiger partial charge < -0.3 is 10.5 Å². The van der Waals surface area contributed by atoms with Crippen LogP contribution in [0.15, 0.2) is 23.1 Å². The van der Waals surface area contributed by atoms with Crippen molar-refractivity contribution in [1.82, 2.24) is 0 Å². The highest BCUT2D eigenvalue weighted by molar-refractivity contribution is 7.85. The van der Waals surface area contributed by atoms with Gasteiger partial charge in [0.25, 0.3) is 0 Å². The minimum atomic E-state index is -1.25. The predicted molar refractivity (Wildman–Crippen MR) is 59.3 cm³/mol. The number of hydrogen-bond donors (Lipinski definition) is 1. The van der Waals surface area contributed by atoms with Crippen LogP contribution in [0.5, 0.6) is 5.75 Å². The highest BCUT2D eigenvalue weighted by Gasteiger charge is 2.09. The molecule has 0 saturated heterocycles. The summed E-state index contributed by atoms with van der Waals surface area (Å²) in [4.78, 5) is 0.516. The quantitative estimate of drug-likeness (QED) is 0.785. The second-order valence-electron chi connectivity index (χ2n) is 3.00. The Morgan fingerprint density at radius 3 is 2.87 bits per heavy atom. The van der Waals surface area contributed by atoms with E-state index in [0.717, 1.165) is 0 Å². The molecule has 0 aliphatic rings. The Kier molecular flexibility index (Phi) is 4.55. The molecule has 15 heavy (non-hydrogen) atoms. The van der Waals surface area contributed by atoms with Crippen LogP contribution in [0.4, 0.5) is 10.1 Å². The van der Waals surface area contributed by atoms with Crippen molar-refractivity contribution in [3.05, 3.63) is 18.2 Å². The van der Waals surface area contributed by atoms with E-state index >= 15 is 0 Å². The van der Waals surface area contributed by atoms with Gasteiger partial charge in [-0.3, -0.25) is 8.60 Å².